The summed E-state index contributed by atoms with van der Waals surface area (Å²) >= 11 is 0. The summed E-state index contributed by atoms with van der Waals surface area (Å²) in [6.45, 7) is 0. The third-order valence-corrected chi connectivity index (χ3v) is 5.35. The molecule has 2 saturated carbocycles. The molecular weight excluding hydrogens is 267 g/mol. The van der Waals surface area contributed by atoms with Crippen molar-refractivity contribution in [3.05, 3.63) is 29.6 Å². The maximum Gasteiger partial charge on any atom is 0.168 e. The van der Waals surface area contributed by atoms with E-state index in [1.807, 2.05) is 0 Å². The minimum atomic E-state index is -0.454. The molecule has 0 bridgehead atoms. The predicted octanol–water partition coefficient (Wildman–Crippen LogP) is 4.62. The van der Waals surface area contributed by atoms with E-state index in [-0.39, 0.29) is 17.3 Å². The van der Waals surface area contributed by atoms with Gasteiger partial charge in [0.15, 0.2) is 5.78 Å². The summed E-state index contributed by atoms with van der Waals surface area (Å²) in [7, 11) is 1.50. The Kier molecular flexibility index (Phi) is 4.27. The van der Waals surface area contributed by atoms with E-state index in [1.54, 1.807) is 12.1 Å². The summed E-state index contributed by atoms with van der Waals surface area (Å²) < 4.78 is 19.1. The Balaban J connectivity index is 1.73. The Morgan fingerprint density at radius 1 is 1.14 bits per heavy atom. The van der Waals surface area contributed by atoms with Crippen molar-refractivity contribution in [1.82, 2.24) is 0 Å². The summed E-state index contributed by atoms with van der Waals surface area (Å²) in [6, 6.07) is 4.55. The van der Waals surface area contributed by atoms with E-state index in [1.165, 1.54) is 38.9 Å². The minimum absolute atomic E-state index is 0.00671. The molecule has 0 amide bonds. The molecule has 0 N–H and O–H groups in total. The maximum atomic E-state index is 14.1. The first-order chi connectivity index (χ1) is 10.2. The summed E-state index contributed by atoms with van der Waals surface area (Å²) in [4.78, 5) is 12.6. The highest BCUT2D eigenvalue weighted by molar-refractivity contribution is 5.98. The first-order valence-corrected chi connectivity index (χ1v) is 8.07. The smallest absolute Gasteiger partial charge is 0.168 e. The summed E-state index contributed by atoms with van der Waals surface area (Å²) in [5, 5.41) is 0. The lowest BCUT2D eigenvalue weighted by Crippen LogP contribution is -2.31. The van der Waals surface area contributed by atoms with Crippen molar-refractivity contribution >= 4 is 5.78 Å². The molecule has 2 nitrogen and oxygen atoms in total. The average molecular weight is 290 g/mol. The van der Waals surface area contributed by atoms with Crippen LogP contribution in [-0.2, 0) is 0 Å². The lowest BCUT2D eigenvalue weighted by Gasteiger charge is -2.38. The molecular formula is C18H23FO2. The molecule has 21 heavy (non-hydrogen) atoms. The van der Waals surface area contributed by atoms with Crippen LogP contribution in [0.15, 0.2) is 18.2 Å². The van der Waals surface area contributed by atoms with Gasteiger partial charge in [-0.3, -0.25) is 4.79 Å². The van der Waals surface area contributed by atoms with E-state index in [0.29, 0.717) is 11.7 Å². The molecule has 3 heteroatoms. The van der Waals surface area contributed by atoms with Gasteiger partial charge in [-0.1, -0.05) is 25.7 Å². The molecule has 0 aliphatic heterocycles. The van der Waals surface area contributed by atoms with E-state index in [4.69, 9.17) is 4.74 Å². The monoisotopic (exact) mass is 290 g/mol. The second-order valence-electron chi connectivity index (χ2n) is 6.52. The predicted molar refractivity (Wildman–Crippen MR) is 80.1 cm³/mol. The normalized spacial score (nSPS) is 28.8. The zero-order valence-electron chi connectivity index (χ0n) is 12.6. The Labute approximate surface area is 125 Å². The van der Waals surface area contributed by atoms with Crippen LogP contribution < -0.4 is 4.74 Å². The van der Waals surface area contributed by atoms with Gasteiger partial charge in [-0.25, -0.2) is 4.39 Å². The average Bonchev–Trinajstić information content (AvgIpc) is 2.53. The van der Waals surface area contributed by atoms with Gasteiger partial charge in [-0.2, -0.15) is 0 Å². The number of benzene rings is 1. The van der Waals surface area contributed by atoms with Crippen molar-refractivity contribution in [1.29, 1.82) is 0 Å². The fraction of sp³-hybridized carbons (Fsp3) is 0.611. The maximum absolute atomic E-state index is 14.1. The number of carbonyl (C=O) groups excluding carboxylic acids is 1. The van der Waals surface area contributed by atoms with Crippen LogP contribution in [0.2, 0.25) is 0 Å². The van der Waals surface area contributed by atoms with Crippen LogP contribution in [0.4, 0.5) is 4.39 Å². The lowest BCUT2D eigenvalue weighted by molar-refractivity contribution is 0.0759. The van der Waals surface area contributed by atoms with Gasteiger partial charge >= 0.3 is 0 Å². The van der Waals surface area contributed by atoms with Gasteiger partial charge in [0.1, 0.15) is 11.6 Å². The standard InChI is InChI=1S/C18H23FO2/c1-21-15-8-9-16(17(19)11-15)18(20)14-7-6-12-4-2-3-5-13(12)10-14/h8-9,11-14H,2-7,10H2,1H3. The molecule has 2 aliphatic rings. The van der Waals surface area contributed by atoms with E-state index >= 15 is 0 Å². The van der Waals surface area contributed by atoms with Crippen molar-refractivity contribution in [2.75, 3.05) is 7.11 Å². The zero-order chi connectivity index (χ0) is 14.8. The van der Waals surface area contributed by atoms with Crippen molar-refractivity contribution in [2.45, 2.75) is 44.9 Å². The van der Waals surface area contributed by atoms with Gasteiger partial charge in [0.05, 0.1) is 12.7 Å². The first kappa shape index (κ1) is 14.6. The molecule has 2 aliphatic carbocycles. The van der Waals surface area contributed by atoms with Crippen LogP contribution in [-0.4, -0.2) is 12.9 Å². The van der Waals surface area contributed by atoms with Gasteiger partial charge < -0.3 is 4.74 Å². The van der Waals surface area contributed by atoms with Gasteiger partial charge in [0.2, 0.25) is 0 Å². The molecule has 1 aromatic carbocycles. The quantitative estimate of drug-likeness (QED) is 0.759. The summed E-state index contributed by atoms with van der Waals surface area (Å²) in [5.74, 6) is 1.49. The Morgan fingerprint density at radius 2 is 1.90 bits per heavy atom. The van der Waals surface area contributed by atoms with E-state index in [2.05, 4.69) is 0 Å². The van der Waals surface area contributed by atoms with Crippen LogP contribution in [0.1, 0.15) is 55.3 Å². The van der Waals surface area contributed by atoms with Crippen molar-refractivity contribution < 1.29 is 13.9 Å². The van der Waals surface area contributed by atoms with Gasteiger partial charge in [-0.15, -0.1) is 0 Å². The van der Waals surface area contributed by atoms with Crippen molar-refractivity contribution in [3.63, 3.8) is 0 Å². The Hall–Kier alpha value is -1.38. The number of fused-ring (bicyclic) bond motifs is 1. The highest BCUT2D eigenvalue weighted by Gasteiger charge is 2.35. The summed E-state index contributed by atoms with van der Waals surface area (Å²) in [5.41, 5.74) is 0.232. The number of methoxy groups -OCH3 is 1. The number of hydrogen-bond donors (Lipinski definition) is 0. The fourth-order valence-electron chi connectivity index (χ4n) is 4.15. The Bertz CT molecular complexity index is 526. The molecule has 3 atom stereocenters. The lowest BCUT2D eigenvalue weighted by atomic mass is 9.66. The van der Waals surface area contributed by atoms with Gasteiger partial charge in [-0.05, 0) is 43.2 Å². The third kappa shape index (κ3) is 2.97. The molecule has 3 rings (SSSR count). The number of rotatable bonds is 3. The third-order valence-electron chi connectivity index (χ3n) is 5.35. The second-order valence-corrected chi connectivity index (χ2v) is 6.52. The topological polar surface area (TPSA) is 26.3 Å². The van der Waals surface area contributed by atoms with Crippen LogP contribution >= 0.6 is 0 Å². The first-order valence-electron chi connectivity index (χ1n) is 8.07. The number of ether oxygens (including phenoxy) is 1. The van der Waals surface area contributed by atoms with Crippen LogP contribution in [0.5, 0.6) is 5.75 Å². The fourth-order valence-corrected chi connectivity index (χ4v) is 4.15. The molecule has 2 fully saturated rings. The SMILES string of the molecule is COc1ccc(C(=O)C2CCC3CCCCC3C2)c(F)c1. The van der Waals surface area contributed by atoms with Crippen LogP contribution in [0, 0.1) is 23.6 Å². The van der Waals surface area contributed by atoms with E-state index in [9.17, 15) is 9.18 Å². The van der Waals surface area contributed by atoms with Crippen molar-refractivity contribution in [2.24, 2.45) is 17.8 Å². The number of carbonyl (C=O) groups is 1. The summed E-state index contributed by atoms with van der Waals surface area (Å²) in [6.07, 6.45) is 8.22. The largest absolute Gasteiger partial charge is 0.497 e. The molecule has 1 aromatic rings. The molecule has 114 valence electrons. The highest BCUT2D eigenvalue weighted by atomic mass is 19.1. The molecule has 0 saturated heterocycles. The van der Waals surface area contributed by atoms with Crippen LogP contribution in [0.25, 0.3) is 0 Å². The molecule has 0 spiro atoms. The van der Waals surface area contributed by atoms with Gasteiger partial charge in [0, 0.05) is 12.0 Å². The highest BCUT2D eigenvalue weighted by Crippen LogP contribution is 2.43. The Morgan fingerprint density at radius 3 is 2.62 bits per heavy atom. The van der Waals surface area contributed by atoms with E-state index < -0.39 is 5.82 Å². The number of halogens is 1. The van der Waals surface area contributed by atoms with E-state index in [0.717, 1.165) is 25.2 Å². The second kappa shape index (κ2) is 6.17. The molecule has 0 radical (unpaired) electrons. The molecule has 0 aromatic heterocycles. The molecule has 0 heterocycles. The number of Topliss-reactive ketones (excluding diaryl/α,β-unsaturated/α-hetero) is 1. The van der Waals surface area contributed by atoms with Gasteiger partial charge in [0.25, 0.3) is 0 Å². The number of hydrogen-bond acceptors (Lipinski definition) is 2. The number of ketones is 1. The van der Waals surface area contributed by atoms with Crippen molar-refractivity contribution in [3.8, 4) is 5.75 Å². The zero-order valence-corrected chi connectivity index (χ0v) is 12.6. The van der Waals surface area contributed by atoms with Crippen LogP contribution in [0.3, 0.4) is 0 Å². The minimum Gasteiger partial charge on any atom is -0.497 e. The molecule has 3 unspecified atom stereocenters.